The summed E-state index contributed by atoms with van der Waals surface area (Å²) in [6.45, 7) is 4.48. The summed E-state index contributed by atoms with van der Waals surface area (Å²) in [5.41, 5.74) is 0. The Bertz CT molecular complexity index is 473. The molecule has 1 rings (SSSR count). The third-order valence-corrected chi connectivity index (χ3v) is 3.98. The van der Waals surface area contributed by atoms with E-state index >= 15 is 0 Å². The van der Waals surface area contributed by atoms with Crippen LogP contribution in [0, 0.1) is 17.2 Å². The maximum Gasteiger partial charge on any atom is 0.246 e. The van der Waals surface area contributed by atoms with Crippen LogP contribution in [0.4, 0.5) is 0 Å². The monoisotopic (exact) mass is 256 g/mol. The molecule has 0 aliphatic carbocycles. The number of nitriles is 1. The summed E-state index contributed by atoms with van der Waals surface area (Å²) in [5, 5.41) is 14.7. The quantitative estimate of drug-likeness (QED) is 0.821. The average Bonchev–Trinajstić information content (AvgIpc) is 2.77. The molecule has 0 unspecified atom stereocenters. The maximum atomic E-state index is 12.2. The first-order valence-corrected chi connectivity index (χ1v) is 6.78. The second kappa shape index (κ2) is 5.80. The SMILES string of the molecule is CC(C)CN(CCC#N)S(=O)(=O)c1cn[nH]c1. The van der Waals surface area contributed by atoms with Crippen LogP contribution in [0.3, 0.4) is 0 Å². The number of nitrogens with one attached hydrogen (secondary N) is 1. The first kappa shape index (κ1) is 13.7. The fourth-order valence-electron chi connectivity index (χ4n) is 1.42. The van der Waals surface area contributed by atoms with Gasteiger partial charge < -0.3 is 0 Å². The number of nitrogens with zero attached hydrogens (tertiary/aromatic N) is 3. The molecular formula is C10H16N4O2S. The molecule has 1 N–H and O–H groups in total. The molecule has 0 aliphatic heterocycles. The molecule has 0 aromatic carbocycles. The van der Waals surface area contributed by atoms with Crippen molar-refractivity contribution in [1.29, 1.82) is 5.26 Å². The van der Waals surface area contributed by atoms with E-state index < -0.39 is 10.0 Å². The lowest BCUT2D eigenvalue weighted by molar-refractivity contribution is 0.373. The molecule has 0 bridgehead atoms. The smallest absolute Gasteiger partial charge is 0.246 e. The van der Waals surface area contributed by atoms with Gasteiger partial charge >= 0.3 is 0 Å². The standard InChI is InChI=1S/C10H16N4O2S/c1-9(2)8-14(5-3-4-11)17(15,16)10-6-12-13-7-10/h6-7,9H,3,5,8H2,1-2H3,(H,12,13). The Morgan fingerprint density at radius 1 is 1.59 bits per heavy atom. The third-order valence-electron chi connectivity index (χ3n) is 2.15. The van der Waals surface area contributed by atoms with Gasteiger partial charge in [-0.15, -0.1) is 0 Å². The molecule has 94 valence electrons. The second-order valence-corrected chi connectivity index (χ2v) is 6.04. The minimum Gasteiger partial charge on any atom is -0.284 e. The molecule has 1 heterocycles. The predicted molar refractivity (Wildman–Crippen MR) is 62.4 cm³/mol. The molecule has 0 saturated carbocycles. The van der Waals surface area contributed by atoms with Gasteiger partial charge in [-0.25, -0.2) is 8.42 Å². The number of H-pyrrole nitrogens is 1. The highest BCUT2D eigenvalue weighted by atomic mass is 32.2. The number of rotatable bonds is 6. The molecular weight excluding hydrogens is 240 g/mol. The van der Waals surface area contributed by atoms with Crippen molar-refractivity contribution >= 4 is 10.0 Å². The van der Waals surface area contributed by atoms with Gasteiger partial charge in [-0.05, 0) is 5.92 Å². The lowest BCUT2D eigenvalue weighted by Crippen LogP contribution is -2.34. The van der Waals surface area contributed by atoms with E-state index in [1.54, 1.807) is 0 Å². The maximum absolute atomic E-state index is 12.2. The van der Waals surface area contributed by atoms with E-state index in [0.717, 1.165) is 0 Å². The predicted octanol–water partition coefficient (Wildman–Crippen LogP) is 0.970. The van der Waals surface area contributed by atoms with E-state index in [0.29, 0.717) is 6.54 Å². The van der Waals surface area contributed by atoms with Crippen LogP contribution in [0.1, 0.15) is 20.3 Å². The Kier molecular flexibility index (Phi) is 4.66. The minimum atomic E-state index is -3.54. The highest BCUT2D eigenvalue weighted by molar-refractivity contribution is 7.89. The summed E-state index contributed by atoms with van der Waals surface area (Å²) < 4.78 is 25.7. The van der Waals surface area contributed by atoms with Crippen molar-refractivity contribution in [1.82, 2.24) is 14.5 Å². The molecule has 7 heteroatoms. The van der Waals surface area contributed by atoms with Gasteiger partial charge in [-0.3, -0.25) is 5.10 Å². The van der Waals surface area contributed by atoms with Crippen LogP contribution in [0.5, 0.6) is 0 Å². The fourth-order valence-corrected chi connectivity index (χ4v) is 2.93. The summed E-state index contributed by atoms with van der Waals surface area (Å²) in [7, 11) is -3.54. The number of sulfonamides is 1. The Labute approximate surface area is 101 Å². The number of aromatic amines is 1. The second-order valence-electron chi connectivity index (χ2n) is 4.10. The Hall–Kier alpha value is -1.39. The third kappa shape index (κ3) is 3.54. The van der Waals surface area contributed by atoms with Crippen molar-refractivity contribution in [2.75, 3.05) is 13.1 Å². The van der Waals surface area contributed by atoms with Crippen LogP contribution >= 0.6 is 0 Å². The van der Waals surface area contributed by atoms with E-state index in [1.165, 1.54) is 16.7 Å². The zero-order valence-electron chi connectivity index (χ0n) is 9.92. The van der Waals surface area contributed by atoms with Gasteiger partial charge in [-0.2, -0.15) is 14.7 Å². The van der Waals surface area contributed by atoms with Crippen molar-refractivity contribution in [2.45, 2.75) is 25.2 Å². The molecule has 0 spiro atoms. The lowest BCUT2D eigenvalue weighted by Gasteiger charge is -2.22. The van der Waals surface area contributed by atoms with Gasteiger partial charge in [-0.1, -0.05) is 13.8 Å². The van der Waals surface area contributed by atoms with E-state index in [4.69, 9.17) is 5.26 Å². The molecule has 6 nitrogen and oxygen atoms in total. The molecule has 0 atom stereocenters. The van der Waals surface area contributed by atoms with Crippen LogP contribution < -0.4 is 0 Å². The van der Waals surface area contributed by atoms with Gasteiger partial charge in [0.1, 0.15) is 4.90 Å². The molecule has 0 saturated heterocycles. The van der Waals surface area contributed by atoms with Gasteiger partial charge in [0.2, 0.25) is 10.0 Å². The van der Waals surface area contributed by atoms with Gasteiger partial charge in [0.15, 0.2) is 0 Å². The number of hydrogen-bond acceptors (Lipinski definition) is 4. The van der Waals surface area contributed by atoms with E-state index in [9.17, 15) is 8.42 Å². The fraction of sp³-hybridized carbons (Fsp3) is 0.600. The van der Waals surface area contributed by atoms with Crippen LogP contribution in [-0.4, -0.2) is 36.0 Å². The number of aromatic nitrogens is 2. The molecule has 0 aliphatic rings. The van der Waals surface area contributed by atoms with Crippen LogP contribution in [0.2, 0.25) is 0 Å². The molecule has 0 fully saturated rings. The van der Waals surface area contributed by atoms with Crippen LogP contribution in [-0.2, 0) is 10.0 Å². The van der Waals surface area contributed by atoms with E-state index in [-0.39, 0.29) is 23.8 Å². The van der Waals surface area contributed by atoms with Gasteiger partial charge in [0.05, 0.1) is 12.3 Å². The van der Waals surface area contributed by atoms with Crippen molar-refractivity contribution in [3.63, 3.8) is 0 Å². The largest absolute Gasteiger partial charge is 0.284 e. The van der Waals surface area contributed by atoms with Crippen molar-refractivity contribution < 1.29 is 8.42 Å². The van der Waals surface area contributed by atoms with Crippen LogP contribution in [0.25, 0.3) is 0 Å². The Balaban J connectivity index is 2.93. The zero-order chi connectivity index (χ0) is 12.9. The Morgan fingerprint density at radius 2 is 2.29 bits per heavy atom. The minimum absolute atomic E-state index is 0.135. The first-order chi connectivity index (χ1) is 7.98. The van der Waals surface area contributed by atoms with Crippen LogP contribution in [0.15, 0.2) is 17.3 Å². The Morgan fingerprint density at radius 3 is 2.76 bits per heavy atom. The van der Waals surface area contributed by atoms with Gasteiger partial charge in [0.25, 0.3) is 0 Å². The van der Waals surface area contributed by atoms with Crippen molar-refractivity contribution in [3.8, 4) is 6.07 Å². The van der Waals surface area contributed by atoms with Gasteiger partial charge in [0, 0.05) is 25.7 Å². The van der Waals surface area contributed by atoms with Crippen molar-refractivity contribution in [3.05, 3.63) is 12.4 Å². The molecule has 1 aromatic rings. The highest BCUT2D eigenvalue weighted by Crippen LogP contribution is 2.15. The summed E-state index contributed by atoms with van der Waals surface area (Å²) in [4.78, 5) is 0.135. The molecule has 0 radical (unpaired) electrons. The highest BCUT2D eigenvalue weighted by Gasteiger charge is 2.25. The summed E-state index contributed by atoms with van der Waals surface area (Å²) in [6.07, 6.45) is 2.80. The zero-order valence-corrected chi connectivity index (χ0v) is 10.7. The first-order valence-electron chi connectivity index (χ1n) is 5.34. The van der Waals surface area contributed by atoms with E-state index in [1.807, 2.05) is 19.9 Å². The topological polar surface area (TPSA) is 89.8 Å². The molecule has 17 heavy (non-hydrogen) atoms. The molecule has 1 aromatic heterocycles. The normalized spacial score (nSPS) is 11.9. The summed E-state index contributed by atoms with van der Waals surface area (Å²) in [6, 6.07) is 1.96. The summed E-state index contributed by atoms with van der Waals surface area (Å²) in [5.74, 6) is 0.204. The number of hydrogen-bond donors (Lipinski definition) is 1. The summed E-state index contributed by atoms with van der Waals surface area (Å²) >= 11 is 0. The van der Waals surface area contributed by atoms with Crippen molar-refractivity contribution in [2.24, 2.45) is 5.92 Å². The molecule has 0 amide bonds. The average molecular weight is 256 g/mol. The lowest BCUT2D eigenvalue weighted by atomic mass is 10.2. The van der Waals surface area contributed by atoms with E-state index in [2.05, 4.69) is 10.2 Å².